The maximum atomic E-state index is 14.0. The van der Waals surface area contributed by atoms with Gasteiger partial charge in [-0.05, 0) is 30.5 Å². The zero-order chi connectivity index (χ0) is 18.6. The maximum Gasteiger partial charge on any atom is 0.236 e. The van der Waals surface area contributed by atoms with Crippen LogP contribution in [0.4, 0.5) is 10.1 Å². The van der Waals surface area contributed by atoms with Gasteiger partial charge >= 0.3 is 0 Å². The highest BCUT2D eigenvalue weighted by Crippen LogP contribution is 2.28. The van der Waals surface area contributed by atoms with E-state index < -0.39 is 0 Å². The summed E-state index contributed by atoms with van der Waals surface area (Å²) in [6.07, 6.45) is 2.36. The number of rotatable bonds is 6. The number of carbonyl (C=O) groups excluding carboxylic acids is 1. The second-order valence-corrected chi connectivity index (χ2v) is 7.44. The maximum absolute atomic E-state index is 14.0. The van der Waals surface area contributed by atoms with E-state index in [0.717, 1.165) is 6.54 Å². The Morgan fingerprint density at radius 2 is 1.63 bits per heavy atom. The molecule has 0 radical (unpaired) electrons. The molecule has 0 aromatic heterocycles. The minimum atomic E-state index is -0.194. The highest BCUT2D eigenvalue weighted by atomic mass is 19.1. The first-order valence-corrected chi connectivity index (χ1v) is 9.76. The van der Waals surface area contributed by atoms with Crippen molar-refractivity contribution in [2.45, 2.75) is 25.4 Å². The highest BCUT2D eigenvalue weighted by Gasteiger charge is 2.32. The molecule has 0 N–H and O–H groups in total. The van der Waals surface area contributed by atoms with E-state index in [0.29, 0.717) is 44.5 Å². The third-order valence-corrected chi connectivity index (χ3v) is 5.46. The lowest BCUT2D eigenvalue weighted by Gasteiger charge is -2.37. The normalized spacial score (nSPS) is 17.4. The van der Waals surface area contributed by atoms with E-state index in [1.54, 1.807) is 6.07 Å². The van der Waals surface area contributed by atoms with Gasteiger partial charge in [0.05, 0.1) is 12.2 Å². The summed E-state index contributed by atoms with van der Waals surface area (Å²) in [5, 5.41) is 0. The van der Waals surface area contributed by atoms with Crippen molar-refractivity contribution in [1.82, 2.24) is 9.80 Å². The molecular weight excluding hydrogens is 341 g/mol. The lowest BCUT2D eigenvalue weighted by Crippen LogP contribution is -2.51. The minimum Gasteiger partial charge on any atom is -0.366 e. The first-order chi connectivity index (χ1) is 13.2. The van der Waals surface area contributed by atoms with Crippen molar-refractivity contribution in [2.24, 2.45) is 0 Å². The number of halogens is 1. The van der Waals surface area contributed by atoms with Crippen LogP contribution in [0.1, 0.15) is 18.4 Å². The zero-order valence-electron chi connectivity index (χ0n) is 15.6. The number of carbonyl (C=O) groups is 1. The standard InChI is InChI=1S/C22H26FN3O/c23-20-8-4-5-9-21(20)24-12-14-25(15-13-24)22(27)17-26(19-10-11-19)16-18-6-2-1-3-7-18/h1-9,19H,10-17H2. The van der Waals surface area contributed by atoms with Gasteiger partial charge in [0.2, 0.25) is 5.91 Å². The first kappa shape index (κ1) is 18.0. The van der Waals surface area contributed by atoms with Gasteiger partial charge < -0.3 is 9.80 Å². The van der Waals surface area contributed by atoms with Crippen molar-refractivity contribution in [1.29, 1.82) is 0 Å². The van der Waals surface area contributed by atoms with Crippen molar-refractivity contribution in [2.75, 3.05) is 37.6 Å². The Kier molecular flexibility index (Phi) is 5.39. The summed E-state index contributed by atoms with van der Waals surface area (Å²) in [6.45, 7) is 3.95. The van der Waals surface area contributed by atoms with Gasteiger partial charge in [0, 0.05) is 38.8 Å². The molecule has 1 aliphatic heterocycles. The van der Waals surface area contributed by atoms with E-state index in [4.69, 9.17) is 0 Å². The molecule has 2 aliphatic rings. The Hall–Kier alpha value is -2.40. The van der Waals surface area contributed by atoms with Gasteiger partial charge in [-0.2, -0.15) is 0 Å². The number of hydrogen-bond donors (Lipinski definition) is 0. The van der Waals surface area contributed by atoms with Gasteiger partial charge in [-0.1, -0.05) is 42.5 Å². The van der Waals surface area contributed by atoms with E-state index in [9.17, 15) is 9.18 Å². The number of hydrogen-bond acceptors (Lipinski definition) is 3. The smallest absolute Gasteiger partial charge is 0.236 e. The fourth-order valence-corrected chi connectivity index (χ4v) is 3.75. The topological polar surface area (TPSA) is 26.8 Å². The molecule has 1 saturated heterocycles. The van der Waals surface area contributed by atoms with Crippen LogP contribution in [0.2, 0.25) is 0 Å². The third kappa shape index (κ3) is 4.48. The molecule has 0 spiro atoms. The van der Waals surface area contributed by atoms with Crippen LogP contribution in [0.5, 0.6) is 0 Å². The molecule has 0 unspecified atom stereocenters. The van der Waals surface area contributed by atoms with Gasteiger partial charge in [-0.15, -0.1) is 0 Å². The van der Waals surface area contributed by atoms with Crippen LogP contribution in [-0.2, 0) is 11.3 Å². The van der Waals surface area contributed by atoms with Crippen LogP contribution >= 0.6 is 0 Å². The van der Waals surface area contributed by atoms with Crippen molar-refractivity contribution in [3.05, 3.63) is 66.0 Å². The largest absolute Gasteiger partial charge is 0.366 e. The molecule has 2 fully saturated rings. The molecule has 142 valence electrons. The predicted molar refractivity (Wildman–Crippen MR) is 105 cm³/mol. The van der Waals surface area contributed by atoms with Crippen LogP contribution in [0, 0.1) is 5.82 Å². The monoisotopic (exact) mass is 367 g/mol. The number of amides is 1. The number of piperazine rings is 1. The molecule has 0 bridgehead atoms. The summed E-state index contributed by atoms with van der Waals surface area (Å²) in [5.74, 6) is -0.00828. The molecule has 2 aromatic rings. The van der Waals surface area contributed by atoms with Crippen LogP contribution in [0.3, 0.4) is 0 Å². The van der Waals surface area contributed by atoms with Crippen LogP contribution in [-0.4, -0.2) is 54.5 Å². The second kappa shape index (κ2) is 8.09. The summed E-state index contributed by atoms with van der Waals surface area (Å²) in [7, 11) is 0. The fourth-order valence-electron chi connectivity index (χ4n) is 3.75. The van der Waals surface area contributed by atoms with Gasteiger partial charge in [0.1, 0.15) is 5.82 Å². The van der Waals surface area contributed by atoms with E-state index in [-0.39, 0.29) is 11.7 Å². The van der Waals surface area contributed by atoms with Crippen molar-refractivity contribution >= 4 is 11.6 Å². The molecule has 2 aromatic carbocycles. The van der Waals surface area contributed by atoms with Crippen molar-refractivity contribution in [3.8, 4) is 0 Å². The van der Waals surface area contributed by atoms with E-state index >= 15 is 0 Å². The van der Waals surface area contributed by atoms with Gasteiger partial charge in [0.25, 0.3) is 0 Å². The number of benzene rings is 2. The van der Waals surface area contributed by atoms with Crippen LogP contribution in [0.25, 0.3) is 0 Å². The van der Waals surface area contributed by atoms with E-state index in [1.807, 2.05) is 40.1 Å². The summed E-state index contributed by atoms with van der Waals surface area (Å²) in [4.78, 5) is 19.1. The Morgan fingerprint density at radius 3 is 2.30 bits per heavy atom. The van der Waals surface area contributed by atoms with E-state index in [2.05, 4.69) is 17.0 Å². The summed E-state index contributed by atoms with van der Waals surface area (Å²) < 4.78 is 14.0. The second-order valence-electron chi connectivity index (χ2n) is 7.44. The number of anilines is 1. The van der Waals surface area contributed by atoms with Crippen LogP contribution < -0.4 is 4.90 Å². The molecule has 27 heavy (non-hydrogen) atoms. The van der Waals surface area contributed by atoms with E-state index in [1.165, 1.54) is 24.5 Å². The molecule has 4 nitrogen and oxygen atoms in total. The zero-order valence-corrected chi connectivity index (χ0v) is 15.6. The predicted octanol–water partition coefficient (Wildman–Crippen LogP) is 3.14. The van der Waals surface area contributed by atoms with Gasteiger partial charge in [-0.3, -0.25) is 9.69 Å². The molecule has 1 amide bonds. The lowest BCUT2D eigenvalue weighted by molar-refractivity contribution is -0.133. The average Bonchev–Trinajstić information content (AvgIpc) is 3.54. The van der Waals surface area contributed by atoms with Crippen LogP contribution in [0.15, 0.2) is 54.6 Å². The molecule has 4 rings (SSSR count). The Labute approximate surface area is 160 Å². The molecule has 1 aliphatic carbocycles. The number of para-hydroxylation sites is 1. The summed E-state index contributed by atoms with van der Waals surface area (Å²) in [5.41, 5.74) is 1.88. The molecule has 1 saturated carbocycles. The third-order valence-electron chi connectivity index (χ3n) is 5.46. The molecular formula is C22H26FN3O. The highest BCUT2D eigenvalue weighted by molar-refractivity contribution is 5.78. The average molecular weight is 367 g/mol. The van der Waals surface area contributed by atoms with Crippen molar-refractivity contribution < 1.29 is 9.18 Å². The van der Waals surface area contributed by atoms with Crippen molar-refractivity contribution in [3.63, 3.8) is 0 Å². The quantitative estimate of drug-likeness (QED) is 0.785. The molecule has 5 heteroatoms. The molecule has 1 heterocycles. The molecule has 0 atom stereocenters. The SMILES string of the molecule is O=C(CN(Cc1ccccc1)C1CC1)N1CCN(c2ccccc2F)CC1. The Bertz CT molecular complexity index is 770. The Morgan fingerprint density at radius 1 is 0.963 bits per heavy atom. The number of nitrogens with zero attached hydrogens (tertiary/aromatic N) is 3. The minimum absolute atomic E-state index is 0.186. The van der Waals surface area contributed by atoms with Gasteiger partial charge in [-0.25, -0.2) is 4.39 Å². The fraction of sp³-hybridized carbons (Fsp3) is 0.409. The Balaban J connectivity index is 1.33. The summed E-state index contributed by atoms with van der Waals surface area (Å²) in [6, 6.07) is 17.7. The lowest BCUT2D eigenvalue weighted by atomic mass is 10.2. The first-order valence-electron chi connectivity index (χ1n) is 9.76. The van der Waals surface area contributed by atoms with Gasteiger partial charge in [0.15, 0.2) is 0 Å². The summed E-state index contributed by atoms with van der Waals surface area (Å²) >= 11 is 0.